The summed E-state index contributed by atoms with van der Waals surface area (Å²) in [6.45, 7) is 6.09. The van der Waals surface area contributed by atoms with Crippen molar-refractivity contribution in [2.75, 3.05) is 13.1 Å². The van der Waals surface area contributed by atoms with Gasteiger partial charge in [-0.3, -0.25) is 4.99 Å². The number of rotatable bonds is 7. The van der Waals surface area contributed by atoms with Crippen molar-refractivity contribution >= 4 is 5.96 Å². The van der Waals surface area contributed by atoms with Crippen LogP contribution in [0.2, 0.25) is 0 Å². The van der Waals surface area contributed by atoms with Gasteiger partial charge in [0.1, 0.15) is 0 Å². The number of nitrogens with two attached hydrogens (primary N) is 2. The third kappa shape index (κ3) is 7.59. The predicted octanol–water partition coefficient (Wildman–Crippen LogP) is 0.428. The van der Waals surface area contributed by atoms with Crippen molar-refractivity contribution in [3.63, 3.8) is 0 Å². The topological polar surface area (TPSA) is 76.4 Å². The zero-order chi connectivity index (χ0) is 10.1. The largest absolute Gasteiger partial charge is 0.370 e. The lowest BCUT2D eigenvalue weighted by Gasteiger charge is -2.13. The first-order valence-electron chi connectivity index (χ1n) is 4.99. The lowest BCUT2D eigenvalue weighted by molar-refractivity contribution is 0.481. The molecule has 0 spiro atoms. The molecule has 0 aromatic rings. The third-order valence-corrected chi connectivity index (χ3v) is 2.05. The second-order valence-electron chi connectivity index (χ2n) is 3.13. The molecule has 5 N–H and O–H groups in total. The molecule has 78 valence electrons. The van der Waals surface area contributed by atoms with Gasteiger partial charge in [-0.25, -0.2) is 0 Å². The van der Waals surface area contributed by atoms with Crippen LogP contribution < -0.4 is 16.8 Å². The molecule has 0 aromatic carbocycles. The molecule has 0 aliphatic heterocycles. The van der Waals surface area contributed by atoms with Gasteiger partial charge in [-0.15, -0.1) is 0 Å². The molecule has 0 unspecified atom stereocenters. The fourth-order valence-electron chi connectivity index (χ4n) is 1.17. The molecule has 0 aromatic heterocycles. The Hall–Kier alpha value is -0.770. The summed E-state index contributed by atoms with van der Waals surface area (Å²) < 4.78 is 0. The van der Waals surface area contributed by atoms with Crippen molar-refractivity contribution in [3.05, 3.63) is 0 Å². The van der Waals surface area contributed by atoms with E-state index in [1.807, 2.05) is 0 Å². The number of hydrogen-bond donors (Lipinski definition) is 3. The van der Waals surface area contributed by atoms with Crippen LogP contribution >= 0.6 is 0 Å². The van der Waals surface area contributed by atoms with Crippen LogP contribution in [0.1, 0.15) is 33.1 Å². The summed E-state index contributed by atoms with van der Waals surface area (Å²) in [4.78, 5) is 3.91. The lowest BCUT2D eigenvalue weighted by Crippen LogP contribution is -2.29. The van der Waals surface area contributed by atoms with E-state index in [1.165, 1.54) is 12.8 Å². The van der Waals surface area contributed by atoms with Gasteiger partial charge in [-0.05, 0) is 25.8 Å². The first kappa shape index (κ1) is 12.2. The van der Waals surface area contributed by atoms with Crippen molar-refractivity contribution in [1.29, 1.82) is 0 Å². The Morgan fingerprint density at radius 3 is 2.38 bits per heavy atom. The molecule has 0 aliphatic carbocycles. The maximum absolute atomic E-state index is 5.19. The Labute approximate surface area is 80.8 Å². The Morgan fingerprint density at radius 2 is 1.92 bits per heavy atom. The van der Waals surface area contributed by atoms with Crippen LogP contribution in [0, 0.1) is 0 Å². The predicted molar refractivity (Wildman–Crippen MR) is 57.7 cm³/mol. The van der Waals surface area contributed by atoms with E-state index in [-0.39, 0.29) is 5.96 Å². The lowest BCUT2D eigenvalue weighted by atomic mass is 10.2. The van der Waals surface area contributed by atoms with Gasteiger partial charge in [-0.2, -0.15) is 0 Å². The summed E-state index contributed by atoms with van der Waals surface area (Å²) in [6, 6.07) is 0.638. The highest BCUT2D eigenvalue weighted by molar-refractivity contribution is 5.75. The molecular weight excluding hydrogens is 164 g/mol. The smallest absolute Gasteiger partial charge is 0.185 e. The normalized spacial score (nSPS) is 10.4. The number of aliphatic imine (C=N–C) groups is 1. The summed E-state index contributed by atoms with van der Waals surface area (Å²) in [5, 5.41) is 3.44. The maximum atomic E-state index is 5.19. The van der Waals surface area contributed by atoms with Gasteiger partial charge in [0.05, 0.1) is 0 Å². The molecule has 4 heteroatoms. The first-order chi connectivity index (χ1) is 6.20. The molecule has 0 saturated heterocycles. The standard InChI is InChI=1S/C9H22N4/c1-3-8(4-2)12-6-5-7-13-9(10)11/h8,12H,3-7H2,1-2H3,(H4,10,11,13). The molecule has 0 atom stereocenters. The second-order valence-corrected chi connectivity index (χ2v) is 3.13. The monoisotopic (exact) mass is 186 g/mol. The van der Waals surface area contributed by atoms with E-state index in [2.05, 4.69) is 24.2 Å². The van der Waals surface area contributed by atoms with E-state index in [0.29, 0.717) is 6.04 Å². The minimum atomic E-state index is 0.183. The van der Waals surface area contributed by atoms with E-state index in [9.17, 15) is 0 Å². The fourth-order valence-corrected chi connectivity index (χ4v) is 1.17. The molecule has 4 nitrogen and oxygen atoms in total. The number of guanidine groups is 1. The Balaban J connectivity index is 3.29. The number of nitrogens with one attached hydrogen (secondary N) is 1. The van der Waals surface area contributed by atoms with E-state index < -0.39 is 0 Å². The van der Waals surface area contributed by atoms with Gasteiger partial charge in [0.15, 0.2) is 5.96 Å². The van der Waals surface area contributed by atoms with Gasteiger partial charge in [0.25, 0.3) is 0 Å². The third-order valence-electron chi connectivity index (χ3n) is 2.05. The minimum Gasteiger partial charge on any atom is -0.370 e. The van der Waals surface area contributed by atoms with Crippen LogP contribution in [0.4, 0.5) is 0 Å². The van der Waals surface area contributed by atoms with Crippen molar-refractivity contribution in [1.82, 2.24) is 5.32 Å². The molecule has 0 rings (SSSR count). The van der Waals surface area contributed by atoms with Gasteiger partial charge in [-0.1, -0.05) is 13.8 Å². The van der Waals surface area contributed by atoms with Crippen molar-refractivity contribution in [2.45, 2.75) is 39.2 Å². The SMILES string of the molecule is CCC(CC)NCCCN=C(N)N. The number of hydrogen-bond acceptors (Lipinski definition) is 2. The molecule has 0 aliphatic rings. The molecule has 0 saturated carbocycles. The van der Waals surface area contributed by atoms with E-state index >= 15 is 0 Å². The summed E-state index contributed by atoms with van der Waals surface area (Å²) >= 11 is 0. The molecule has 0 radical (unpaired) electrons. The quantitative estimate of drug-likeness (QED) is 0.306. The summed E-state index contributed by atoms with van der Waals surface area (Å²) in [7, 11) is 0. The summed E-state index contributed by atoms with van der Waals surface area (Å²) in [6.07, 6.45) is 3.35. The van der Waals surface area contributed by atoms with Crippen LogP contribution in [0.15, 0.2) is 4.99 Å². The summed E-state index contributed by atoms with van der Waals surface area (Å²) in [5.41, 5.74) is 10.4. The molecule has 0 bridgehead atoms. The molecule has 13 heavy (non-hydrogen) atoms. The molecule has 0 amide bonds. The first-order valence-corrected chi connectivity index (χ1v) is 4.99. The number of nitrogens with zero attached hydrogens (tertiary/aromatic N) is 1. The highest BCUT2D eigenvalue weighted by atomic mass is 15.0. The second kappa shape index (κ2) is 7.86. The highest BCUT2D eigenvalue weighted by Gasteiger charge is 1.99. The molecule has 0 fully saturated rings. The van der Waals surface area contributed by atoms with E-state index in [0.717, 1.165) is 19.5 Å². The van der Waals surface area contributed by atoms with Crippen LogP contribution in [-0.2, 0) is 0 Å². The van der Waals surface area contributed by atoms with E-state index in [1.54, 1.807) is 0 Å². The average Bonchev–Trinajstić information content (AvgIpc) is 2.11. The van der Waals surface area contributed by atoms with E-state index in [4.69, 9.17) is 11.5 Å². The zero-order valence-corrected chi connectivity index (χ0v) is 8.71. The van der Waals surface area contributed by atoms with Gasteiger partial charge >= 0.3 is 0 Å². The average molecular weight is 186 g/mol. The summed E-state index contributed by atoms with van der Waals surface area (Å²) in [5.74, 6) is 0.183. The van der Waals surface area contributed by atoms with Crippen molar-refractivity contribution in [2.24, 2.45) is 16.5 Å². The zero-order valence-electron chi connectivity index (χ0n) is 8.71. The fraction of sp³-hybridized carbons (Fsp3) is 0.889. The van der Waals surface area contributed by atoms with Crippen LogP contribution in [0.3, 0.4) is 0 Å². The highest BCUT2D eigenvalue weighted by Crippen LogP contribution is 1.95. The Morgan fingerprint density at radius 1 is 1.31 bits per heavy atom. The van der Waals surface area contributed by atoms with Crippen LogP contribution in [-0.4, -0.2) is 25.1 Å². The molecule has 0 heterocycles. The van der Waals surface area contributed by atoms with Gasteiger partial charge < -0.3 is 16.8 Å². The van der Waals surface area contributed by atoms with Crippen molar-refractivity contribution < 1.29 is 0 Å². The van der Waals surface area contributed by atoms with Gasteiger partial charge in [0, 0.05) is 12.6 Å². The molecular formula is C9H22N4. The van der Waals surface area contributed by atoms with Gasteiger partial charge in [0.2, 0.25) is 0 Å². The van der Waals surface area contributed by atoms with Crippen LogP contribution in [0.5, 0.6) is 0 Å². The van der Waals surface area contributed by atoms with Crippen LogP contribution in [0.25, 0.3) is 0 Å². The minimum absolute atomic E-state index is 0.183. The Kier molecular flexibility index (Phi) is 7.39. The maximum Gasteiger partial charge on any atom is 0.185 e. The Bertz CT molecular complexity index is 137. The van der Waals surface area contributed by atoms with Crippen molar-refractivity contribution in [3.8, 4) is 0 Å².